The van der Waals surface area contributed by atoms with Gasteiger partial charge in [-0.15, -0.1) is 0 Å². The van der Waals surface area contributed by atoms with Crippen LogP contribution in [0, 0.1) is 0 Å². The van der Waals surface area contributed by atoms with E-state index >= 15 is 0 Å². The number of aromatic nitrogens is 1. The maximum Gasteiger partial charge on any atom is 0.133 e. The highest BCUT2D eigenvalue weighted by atomic mass is 79.9. The first kappa shape index (κ1) is 16.3. The smallest absolute Gasteiger partial charge is 0.133 e. The molecule has 0 amide bonds. The lowest BCUT2D eigenvalue weighted by atomic mass is 10.2. The average Bonchev–Trinajstić information content (AvgIpc) is 2.45. The first-order chi connectivity index (χ1) is 10.1. The molecule has 0 unspecified atom stereocenters. The summed E-state index contributed by atoms with van der Waals surface area (Å²) < 4.78 is 0.996. The zero-order valence-corrected chi connectivity index (χ0v) is 14.6. The number of hydrogen-bond donors (Lipinski definition) is 1. The number of hydrogen-bond acceptors (Lipinski definition) is 3. The van der Waals surface area contributed by atoms with Crippen LogP contribution in [-0.4, -0.2) is 18.6 Å². The van der Waals surface area contributed by atoms with E-state index in [1.165, 1.54) is 11.1 Å². The fourth-order valence-electron chi connectivity index (χ4n) is 2.19. The van der Waals surface area contributed by atoms with Gasteiger partial charge >= 0.3 is 0 Å². The van der Waals surface area contributed by atoms with E-state index in [4.69, 9.17) is 11.6 Å². The number of benzene rings is 1. The van der Waals surface area contributed by atoms with Crippen LogP contribution in [0.1, 0.15) is 18.1 Å². The molecule has 0 spiro atoms. The minimum Gasteiger partial charge on any atom is -0.355 e. The molecule has 2 aromatic rings. The van der Waals surface area contributed by atoms with Crippen molar-refractivity contribution in [2.24, 2.45) is 0 Å². The third-order valence-corrected chi connectivity index (χ3v) is 3.81. The Morgan fingerprint density at radius 1 is 1.33 bits per heavy atom. The molecule has 2 rings (SSSR count). The summed E-state index contributed by atoms with van der Waals surface area (Å²) >= 11 is 9.53. The summed E-state index contributed by atoms with van der Waals surface area (Å²) in [5.74, 6) is 0.985. The van der Waals surface area contributed by atoms with E-state index in [2.05, 4.69) is 50.2 Å². The molecule has 112 valence electrons. The Hall–Kier alpha value is -1.10. The van der Waals surface area contributed by atoms with Gasteiger partial charge in [0.15, 0.2) is 0 Å². The van der Waals surface area contributed by atoms with Crippen molar-refractivity contribution < 1.29 is 0 Å². The Bertz CT molecular complexity index is 604. The van der Waals surface area contributed by atoms with E-state index in [9.17, 15) is 0 Å². The molecule has 0 atom stereocenters. The Morgan fingerprint density at radius 2 is 2.14 bits per heavy atom. The standard InChI is InChI=1S/C16H19BrClN3/c1-3-19-9-13-8-14(17)10-20-16(13)21(2)11-12-5-4-6-15(18)7-12/h4-8,10,19H,3,9,11H2,1-2H3. The number of nitrogens with zero attached hydrogens (tertiary/aromatic N) is 2. The van der Waals surface area contributed by atoms with Crippen LogP contribution in [0.2, 0.25) is 5.02 Å². The minimum absolute atomic E-state index is 0.762. The fourth-order valence-corrected chi connectivity index (χ4v) is 2.78. The minimum atomic E-state index is 0.762. The lowest BCUT2D eigenvalue weighted by molar-refractivity contribution is 0.718. The highest BCUT2D eigenvalue weighted by Gasteiger charge is 2.10. The third kappa shape index (κ3) is 4.70. The molecule has 5 heteroatoms. The fraction of sp³-hybridized carbons (Fsp3) is 0.312. The predicted molar refractivity (Wildman–Crippen MR) is 92.9 cm³/mol. The summed E-state index contributed by atoms with van der Waals surface area (Å²) in [4.78, 5) is 6.70. The van der Waals surface area contributed by atoms with Gasteiger partial charge in [-0.05, 0) is 46.2 Å². The molecule has 0 saturated carbocycles. The molecule has 1 N–H and O–H groups in total. The Balaban J connectivity index is 2.19. The van der Waals surface area contributed by atoms with E-state index in [0.717, 1.165) is 34.9 Å². The largest absolute Gasteiger partial charge is 0.355 e. The lowest BCUT2D eigenvalue weighted by Gasteiger charge is -2.22. The molecule has 0 aliphatic heterocycles. The summed E-state index contributed by atoms with van der Waals surface area (Å²) in [7, 11) is 2.05. The highest BCUT2D eigenvalue weighted by Crippen LogP contribution is 2.22. The van der Waals surface area contributed by atoms with Crippen LogP contribution in [0.25, 0.3) is 0 Å². The van der Waals surface area contributed by atoms with Gasteiger partial charge in [-0.3, -0.25) is 0 Å². The van der Waals surface area contributed by atoms with E-state index in [1.54, 1.807) is 0 Å². The molecule has 0 aliphatic carbocycles. The van der Waals surface area contributed by atoms with Gasteiger partial charge in [0.05, 0.1) is 0 Å². The van der Waals surface area contributed by atoms with Crippen molar-refractivity contribution >= 4 is 33.3 Å². The molecule has 21 heavy (non-hydrogen) atoms. The van der Waals surface area contributed by atoms with Crippen LogP contribution >= 0.6 is 27.5 Å². The summed E-state index contributed by atoms with van der Waals surface area (Å²) in [5.41, 5.74) is 2.35. The SMILES string of the molecule is CCNCc1cc(Br)cnc1N(C)Cc1cccc(Cl)c1. The highest BCUT2D eigenvalue weighted by molar-refractivity contribution is 9.10. The van der Waals surface area contributed by atoms with E-state index < -0.39 is 0 Å². The Labute approximate surface area is 139 Å². The monoisotopic (exact) mass is 367 g/mol. The van der Waals surface area contributed by atoms with Gasteiger partial charge in [0, 0.05) is 41.4 Å². The van der Waals surface area contributed by atoms with E-state index in [-0.39, 0.29) is 0 Å². The van der Waals surface area contributed by atoms with Crippen molar-refractivity contribution in [2.45, 2.75) is 20.0 Å². The third-order valence-electron chi connectivity index (χ3n) is 3.15. The molecule has 0 radical (unpaired) electrons. The number of anilines is 1. The molecular formula is C16H19BrClN3. The maximum absolute atomic E-state index is 6.04. The summed E-state index contributed by atoms with van der Waals surface area (Å²) in [5, 5.41) is 4.11. The van der Waals surface area contributed by atoms with Gasteiger partial charge in [-0.2, -0.15) is 0 Å². The zero-order chi connectivity index (χ0) is 15.2. The van der Waals surface area contributed by atoms with Crippen LogP contribution in [-0.2, 0) is 13.1 Å². The number of rotatable bonds is 6. The molecule has 0 saturated heterocycles. The van der Waals surface area contributed by atoms with E-state index in [1.807, 2.05) is 31.4 Å². The Morgan fingerprint density at radius 3 is 2.86 bits per heavy atom. The molecule has 0 bridgehead atoms. The van der Waals surface area contributed by atoms with Crippen LogP contribution in [0.5, 0.6) is 0 Å². The quantitative estimate of drug-likeness (QED) is 0.826. The second-order valence-electron chi connectivity index (χ2n) is 4.90. The van der Waals surface area contributed by atoms with Crippen molar-refractivity contribution in [3.05, 3.63) is 57.2 Å². The maximum atomic E-state index is 6.04. The number of halogens is 2. The first-order valence-corrected chi connectivity index (χ1v) is 8.08. The van der Waals surface area contributed by atoms with Gasteiger partial charge < -0.3 is 10.2 Å². The van der Waals surface area contributed by atoms with E-state index in [0.29, 0.717) is 0 Å². The zero-order valence-electron chi connectivity index (χ0n) is 12.2. The van der Waals surface area contributed by atoms with Gasteiger partial charge in [-0.25, -0.2) is 4.98 Å². The van der Waals surface area contributed by atoms with Gasteiger partial charge in [-0.1, -0.05) is 30.7 Å². The van der Waals surface area contributed by atoms with Gasteiger partial charge in [0.25, 0.3) is 0 Å². The molecule has 1 aromatic heterocycles. The van der Waals surface area contributed by atoms with Crippen LogP contribution < -0.4 is 10.2 Å². The van der Waals surface area contributed by atoms with Crippen LogP contribution in [0.15, 0.2) is 41.0 Å². The van der Waals surface area contributed by atoms with Crippen LogP contribution in [0.4, 0.5) is 5.82 Å². The molecule has 1 heterocycles. The number of nitrogens with one attached hydrogen (secondary N) is 1. The average molecular weight is 369 g/mol. The van der Waals surface area contributed by atoms with Gasteiger partial charge in [0.1, 0.15) is 5.82 Å². The molecule has 0 aliphatic rings. The predicted octanol–water partition coefficient (Wildman–Crippen LogP) is 4.24. The van der Waals surface area contributed by atoms with Crippen molar-refractivity contribution in [3.63, 3.8) is 0 Å². The van der Waals surface area contributed by atoms with Crippen LogP contribution in [0.3, 0.4) is 0 Å². The van der Waals surface area contributed by atoms with Crippen molar-refractivity contribution in [3.8, 4) is 0 Å². The first-order valence-electron chi connectivity index (χ1n) is 6.91. The normalized spacial score (nSPS) is 10.7. The summed E-state index contributed by atoms with van der Waals surface area (Å²) in [6.07, 6.45) is 1.83. The second-order valence-corrected chi connectivity index (χ2v) is 6.25. The number of pyridine rings is 1. The van der Waals surface area contributed by atoms with Crippen molar-refractivity contribution in [1.82, 2.24) is 10.3 Å². The van der Waals surface area contributed by atoms with Gasteiger partial charge in [0.2, 0.25) is 0 Å². The molecule has 0 fully saturated rings. The Kier molecular flexibility index (Phi) is 6.03. The topological polar surface area (TPSA) is 28.2 Å². The summed E-state index contributed by atoms with van der Waals surface area (Å²) in [6, 6.07) is 10.0. The lowest BCUT2D eigenvalue weighted by Crippen LogP contribution is -2.22. The second kappa shape index (κ2) is 7.78. The molecule has 3 nitrogen and oxygen atoms in total. The molecule has 1 aromatic carbocycles. The van der Waals surface area contributed by atoms with Crippen molar-refractivity contribution in [2.75, 3.05) is 18.5 Å². The summed E-state index contributed by atoms with van der Waals surface area (Å²) in [6.45, 7) is 4.61. The van der Waals surface area contributed by atoms with Crippen molar-refractivity contribution in [1.29, 1.82) is 0 Å². The molecular weight excluding hydrogens is 350 g/mol.